The Morgan fingerprint density at radius 3 is 2.63 bits per heavy atom. The van der Waals surface area contributed by atoms with Crippen molar-refractivity contribution in [3.8, 4) is 0 Å². The van der Waals surface area contributed by atoms with Gasteiger partial charge in [0.1, 0.15) is 16.5 Å². The molecule has 5 atom stereocenters. The quantitative estimate of drug-likeness (QED) is 0.523. The molecule has 1 aromatic carbocycles. The van der Waals surface area contributed by atoms with Gasteiger partial charge in [-0.05, 0) is 61.4 Å². The minimum atomic E-state index is -4.37. The number of halogens is 1. The number of nitrogens with one attached hydrogen (secondary N) is 2. The van der Waals surface area contributed by atoms with Crippen LogP contribution in [0, 0.1) is 29.5 Å². The molecule has 0 spiro atoms. The number of fused-ring (bicyclic) bond motifs is 6. The third-order valence-corrected chi connectivity index (χ3v) is 9.75. The van der Waals surface area contributed by atoms with E-state index in [0.29, 0.717) is 5.69 Å². The highest BCUT2D eigenvalue weighted by Crippen LogP contribution is 2.54. The zero-order valence-corrected chi connectivity index (χ0v) is 21.8. The van der Waals surface area contributed by atoms with Crippen molar-refractivity contribution in [1.29, 1.82) is 0 Å². The molecule has 2 saturated carbocycles. The monoisotopic (exact) mass is 561 g/mol. The summed E-state index contributed by atoms with van der Waals surface area (Å²) in [5.41, 5.74) is 0.566. The van der Waals surface area contributed by atoms with Crippen molar-refractivity contribution < 1.29 is 30.8 Å². The molecule has 1 saturated heterocycles. The number of aromatic nitrogens is 1. The number of pyridine rings is 1. The van der Waals surface area contributed by atoms with Crippen LogP contribution in [0.3, 0.4) is 0 Å². The van der Waals surface area contributed by atoms with Crippen LogP contribution in [0.4, 0.5) is 15.8 Å². The fourth-order valence-corrected chi connectivity index (χ4v) is 8.16. The molecule has 14 heteroatoms. The summed E-state index contributed by atoms with van der Waals surface area (Å²) in [6, 6.07) is 6.26. The summed E-state index contributed by atoms with van der Waals surface area (Å²) in [5.74, 6) is -3.37. The standard InChI is InChI=1S/C24H24FN5O6S2/c1-37(33,34)28-15-6-7-17-18(9-15)38(35,36)29-23(27-17)20-22(31)19-12-2-3-13(8-12)21(19)30(24(20)32)11-16-5-4-14(25)10-26-16/h4-7,9-10,12-13,19-21,28H,2-3,8,11H2,1H3,(H,27,29). The molecule has 6 rings (SSSR count). The van der Waals surface area contributed by atoms with Crippen molar-refractivity contribution in [2.45, 2.75) is 36.7 Å². The van der Waals surface area contributed by atoms with E-state index in [1.165, 1.54) is 24.3 Å². The summed E-state index contributed by atoms with van der Waals surface area (Å²) in [6.07, 6.45) is 4.57. The number of amides is 1. The molecule has 4 aliphatic rings. The van der Waals surface area contributed by atoms with Crippen molar-refractivity contribution in [2.24, 2.45) is 28.1 Å². The number of rotatable bonds is 5. The van der Waals surface area contributed by atoms with Crippen LogP contribution in [0.15, 0.2) is 45.8 Å². The number of amidine groups is 1. The predicted molar refractivity (Wildman–Crippen MR) is 135 cm³/mol. The number of sulfonamides is 2. The highest BCUT2D eigenvalue weighted by atomic mass is 32.2. The average molecular weight is 562 g/mol. The van der Waals surface area contributed by atoms with E-state index in [0.717, 1.165) is 37.8 Å². The Hall–Kier alpha value is -3.39. The van der Waals surface area contributed by atoms with E-state index >= 15 is 0 Å². The smallest absolute Gasteiger partial charge is 0.286 e. The van der Waals surface area contributed by atoms with E-state index in [1.54, 1.807) is 4.90 Å². The number of carbonyl (C=O) groups is 2. The van der Waals surface area contributed by atoms with Gasteiger partial charge in [0.15, 0.2) is 11.7 Å². The number of carbonyl (C=O) groups excluding carboxylic acids is 2. The van der Waals surface area contributed by atoms with E-state index in [1.807, 2.05) is 0 Å². The summed E-state index contributed by atoms with van der Waals surface area (Å²) in [4.78, 5) is 33.0. The Morgan fingerprint density at radius 2 is 1.92 bits per heavy atom. The normalized spacial score (nSPS) is 29.4. The fraction of sp³-hybridized carbons (Fsp3) is 0.417. The lowest BCUT2D eigenvalue weighted by atomic mass is 9.73. The Bertz CT molecular complexity index is 1610. The van der Waals surface area contributed by atoms with E-state index in [4.69, 9.17) is 0 Å². The van der Waals surface area contributed by atoms with Gasteiger partial charge in [0.25, 0.3) is 10.0 Å². The number of likely N-dealkylation sites (tertiary alicyclic amines) is 1. The van der Waals surface area contributed by atoms with Crippen LogP contribution < -0.4 is 10.0 Å². The van der Waals surface area contributed by atoms with Crippen molar-refractivity contribution in [3.05, 3.63) is 48.0 Å². The Morgan fingerprint density at radius 1 is 1.16 bits per heavy atom. The lowest BCUT2D eigenvalue weighted by Crippen LogP contribution is -2.61. The molecule has 1 aromatic heterocycles. The molecule has 5 unspecified atom stereocenters. The van der Waals surface area contributed by atoms with E-state index in [2.05, 4.69) is 19.4 Å². The first-order valence-electron chi connectivity index (χ1n) is 12.1. The summed E-state index contributed by atoms with van der Waals surface area (Å²) in [7, 11) is -8.02. The van der Waals surface area contributed by atoms with Crippen molar-refractivity contribution in [2.75, 3.05) is 16.3 Å². The topological polar surface area (TPSA) is 155 Å². The summed E-state index contributed by atoms with van der Waals surface area (Å²) in [5, 5.41) is 2.85. The van der Waals surface area contributed by atoms with E-state index in [9.17, 15) is 30.8 Å². The third-order valence-electron chi connectivity index (χ3n) is 7.81. The van der Waals surface area contributed by atoms with E-state index < -0.39 is 43.6 Å². The number of nitrogens with zero attached hydrogens (tertiary/aromatic N) is 3. The predicted octanol–water partition coefficient (Wildman–Crippen LogP) is 1.75. The molecule has 2 aliphatic heterocycles. The number of benzene rings is 1. The zero-order chi connectivity index (χ0) is 27.0. The molecule has 11 nitrogen and oxygen atoms in total. The first kappa shape index (κ1) is 24.9. The number of hydrogen-bond acceptors (Lipinski definition) is 8. The van der Waals surface area contributed by atoms with Crippen LogP contribution in [0.1, 0.15) is 25.0 Å². The maximum Gasteiger partial charge on any atom is 0.286 e. The second-order valence-electron chi connectivity index (χ2n) is 10.3. The average Bonchev–Trinajstić information content (AvgIpc) is 3.45. The zero-order valence-electron chi connectivity index (χ0n) is 20.2. The van der Waals surface area contributed by atoms with Gasteiger partial charge in [-0.1, -0.05) is 0 Å². The minimum Gasteiger partial charge on any atom is -0.341 e. The number of anilines is 2. The van der Waals surface area contributed by atoms with Crippen LogP contribution in [0.2, 0.25) is 0 Å². The van der Waals surface area contributed by atoms with Gasteiger partial charge < -0.3 is 10.2 Å². The molecule has 3 heterocycles. The number of piperidine rings is 1. The number of hydrogen-bond donors (Lipinski definition) is 2. The van der Waals surface area contributed by atoms with Crippen molar-refractivity contribution in [1.82, 2.24) is 9.88 Å². The first-order chi connectivity index (χ1) is 17.9. The number of ketones is 1. The van der Waals surface area contributed by atoms with Gasteiger partial charge in [-0.3, -0.25) is 19.3 Å². The maximum absolute atomic E-state index is 13.9. The van der Waals surface area contributed by atoms with E-state index in [-0.39, 0.29) is 52.3 Å². The molecule has 2 N–H and O–H groups in total. The molecular formula is C24H24FN5O6S2. The van der Waals surface area contributed by atoms with Crippen LogP contribution >= 0.6 is 0 Å². The van der Waals surface area contributed by atoms with Gasteiger partial charge in [-0.2, -0.15) is 8.42 Å². The molecule has 2 aliphatic carbocycles. The van der Waals surface area contributed by atoms with Crippen LogP contribution in [-0.2, 0) is 36.2 Å². The second kappa shape index (κ2) is 8.56. The van der Waals surface area contributed by atoms with Crippen molar-refractivity contribution in [3.63, 3.8) is 0 Å². The molecule has 2 aromatic rings. The first-order valence-corrected chi connectivity index (χ1v) is 15.4. The third kappa shape index (κ3) is 4.15. The van der Waals surface area contributed by atoms with Gasteiger partial charge >= 0.3 is 0 Å². The maximum atomic E-state index is 13.9. The highest BCUT2D eigenvalue weighted by Gasteiger charge is 2.60. The van der Waals surface area contributed by atoms with Gasteiger partial charge in [-0.15, -0.1) is 4.40 Å². The van der Waals surface area contributed by atoms with Gasteiger partial charge in [-0.25, -0.2) is 12.8 Å². The van der Waals surface area contributed by atoms with Gasteiger partial charge in [0.2, 0.25) is 15.9 Å². The lowest BCUT2D eigenvalue weighted by Gasteiger charge is -2.45. The van der Waals surface area contributed by atoms with Crippen molar-refractivity contribution >= 4 is 48.9 Å². The fourth-order valence-electron chi connectivity index (χ4n) is 6.43. The van der Waals surface area contributed by atoms with Crippen LogP contribution in [0.5, 0.6) is 0 Å². The Balaban J connectivity index is 1.37. The molecule has 2 bridgehead atoms. The van der Waals surface area contributed by atoms with Gasteiger partial charge in [0.05, 0.1) is 30.4 Å². The van der Waals surface area contributed by atoms with Crippen LogP contribution in [-0.4, -0.2) is 56.5 Å². The SMILES string of the molecule is CS(=O)(=O)Nc1ccc2c(c1)S(=O)(=O)N=C(C1C(=O)C3C4CCC(C4)C3N(Cc3ccc(F)cn3)C1=O)N2. The second-order valence-corrected chi connectivity index (χ2v) is 13.6. The Labute approximate surface area is 218 Å². The largest absolute Gasteiger partial charge is 0.341 e. The summed E-state index contributed by atoms with van der Waals surface area (Å²) < 4.78 is 68.9. The van der Waals surface area contributed by atoms with Gasteiger partial charge in [0, 0.05) is 17.6 Å². The van der Waals surface area contributed by atoms with Crippen LogP contribution in [0.25, 0.3) is 0 Å². The summed E-state index contributed by atoms with van der Waals surface area (Å²) in [6.45, 7) is 0.0599. The molecule has 1 amide bonds. The number of Topliss-reactive ketones (excluding diaryl/α,β-unsaturated/α-hetero) is 1. The molecular weight excluding hydrogens is 537 g/mol. The Kier molecular flexibility index (Phi) is 5.61. The molecule has 38 heavy (non-hydrogen) atoms. The molecule has 3 fully saturated rings. The molecule has 0 radical (unpaired) electrons. The highest BCUT2D eigenvalue weighted by molar-refractivity contribution is 7.92. The lowest BCUT2D eigenvalue weighted by molar-refractivity contribution is -0.153. The minimum absolute atomic E-state index is 0.0305. The summed E-state index contributed by atoms with van der Waals surface area (Å²) >= 11 is 0. The molecule has 200 valence electrons.